The Hall–Kier alpha value is -1.58. The average Bonchev–Trinajstić information content (AvgIpc) is 2.11. The summed E-state index contributed by atoms with van der Waals surface area (Å²) in [6.45, 7) is 10.1. The Morgan fingerprint density at radius 2 is 1.84 bits per heavy atom. The molecule has 0 saturated carbocycles. The van der Waals surface area contributed by atoms with Crippen LogP contribution in [0.1, 0.15) is 51.4 Å². The van der Waals surface area contributed by atoms with E-state index in [9.17, 15) is 14.3 Å². The molecule has 0 aliphatic rings. The summed E-state index contributed by atoms with van der Waals surface area (Å²) in [4.78, 5) is 12.1. The lowest BCUT2D eigenvalue weighted by Crippen LogP contribution is -2.45. The van der Waals surface area contributed by atoms with Crippen molar-refractivity contribution in [2.24, 2.45) is 5.41 Å². The molecule has 1 aromatic carbocycles. The maximum atomic E-state index is 12.9. The van der Waals surface area contributed by atoms with Crippen LogP contribution in [0.15, 0.2) is 18.2 Å². The lowest BCUT2D eigenvalue weighted by Gasteiger charge is -2.33. The Balaban J connectivity index is 2.84. The minimum Gasteiger partial charge on any atom is -0.507 e. The third kappa shape index (κ3) is 4.89. The molecule has 106 valence electrons. The number of hydrogen-bond donors (Lipinski definition) is 2. The van der Waals surface area contributed by atoms with Crippen LogP contribution in [0.25, 0.3) is 0 Å². The highest BCUT2D eigenvalue weighted by molar-refractivity contribution is 5.97. The van der Waals surface area contributed by atoms with E-state index in [4.69, 9.17) is 0 Å². The van der Waals surface area contributed by atoms with E-state index in [1.54, 1.807) is 0 Å². The van der Waals surface area contributed by atoms with Gasteiger partial charge in [-0.05, 0) is 37.8 Å². The van der Waals surface area contributed by atoms with Gasteiger partial charge in [0.15, 0.2) is 0 Å². The molecule has 0 saturated heterocycles. The van der Waals surface area contributed by atoms with Crippen LogP contribution in [0.2, 0.25) is 0 Å². The molecule has 0 heterocycles. The summed E-state index contributed by atoms with van der Waals surface area (Å²) in [5, 5.41) is 12.5. The standard InChI is InChI=1S/C15H22FNO2/c1-14(2,3)9-15(4,5)17-13(19)11-7-6-10(16)8-12(11)18/h6-8,18H,9H2,1-5H3,(H,17,19). The van der Waals surface area contributed by atoms with Crippen molar-refractivity contribution in [3.05, 3.63) is 29.6 Å². The second-order valence-corrected chi connectivity index (χ2v) is 6.74. The van der Waals surface area contributed by atoms with Crippen molar-refractivity contribution < 1.29 is 14.3 Å². The number of amides is 1. The number of hydrogen-bond acceptors (Lipinski definition) is 2. The summed E-state index contributed by atoms with van der Waals surface area (Å²) < 4.78 is 12.9. The highest BCUT2D eigenvalue weighted by Gasteiger charge is 2.28. The smallest absolute Gasteiger partial charge is 0.255 e. The van der Waals surface area contributed by atoms with Crippen LogP contribution in [0.5, 0.6) is 5.75 Å². The summed E-state index contributed by atoms with van der Waals surface area (Å²) in [6, 6.07) is 3.38. The zero-order valence-electron chi connectivity index (χ0n) is 12.2. The third-order valence-corrected chi connectivity index (χ3v) is 2.63. The predicted molar refractivity (Wildman–Crippen MR) is 73.7 cm³/mol. The lowest BCUT2D eigenvalue weighted by molar-refractivity contribution is 0.0888. The number of benzene rings is 1. The molecule has 0 aliphatic heterocycles. The van der Waals surface area contributed by atoms with Crippen LogP contribution in [0.3, 0.4) is 0 Å². The molecule has 0 bridgehead atoms. The molecule has 0 radical (unpaired) electrons. The highest BCUT2D eigenvalue weighted by Crippen LogP contribution is 2.27. The van der Waals surface area contributed by atoms with Crippen molar-refractivity contribution in [3.63, 3.8) is 0 Å². The first kappa shape index (κ1) is 15.5. The Bertz CT molecular complexity index is 476. The van der Waals surface area contributed by atoms with Crippen LogP contribution in [0, 0.1) is 11.2 Å². The molecule has 0 fully saturated rings. The molecule has 0 unspecified atom stereocenters. The fourth-order valence-electron chi connectivity index (χ4n) is 2.44. The number of phenols is 1. The predicted octanol–water partition coefficient (Wildman–Crippen LogP) is 3.48. The Morgan fingerprint density at radius 3 is 2.32 bits per heavy atom. The van der Waals surface area contributed by atoms with Gasteiger partial charge in [-0.15, -0.1) is 0 Å². The second kappa shape index (κ2) is 5.19. The van der Waals surface area contributed by atoms with E-state index in [1.807, 2.05) is 13.8 Å². The van der Waals surface area contributed by atoms with Crippen molar-refractivity contribution >= 4 is 5.91 Å². The van der Waals surface area contributed by atoms with Crippen molar-refractivity contribution in [2.75, 3.05) is 0 Å². The molecule has 2 N–H and O–H groups in total. The molecule has 1 aromatic rings. The summed E-state index contributed by atoms with van der Waals surface area (Å²) in [5.41, 5.74) is -0.249. The second-order valence-electron chi connectivity index (χ2n) is 6.74. The highest BCUT2D eigenvalue weighted by atomic mass is 19.1. The molecule has 0 spiro atoms. The lowest BCUT2D eigenvalue weighted by atomic mass is 9.81. The molecular weight excluding hydrogens is 245 g/mol. The molecule has 0 atom stereocenters. The van der Waals surface area contributed by atoms with Gasteiger partial charge >= 0.3 is 0 Å². The molecule has 1 amide bonds. The first-order valence-corrected chi connectivity index (χ1v) is 6.31. The normalized spacial score (nSPS) is 12.3. The molecule has 1 rings (SSSR count). The van der Waals surface area contributed by atoms with E-state index in [-0.39, 0.29) is 16.7 Å². The van der Waals surface area contributed by atoms with Gasteiger partial charge in [0.2, 0.25) is 0 Å². The van der Waals surface area contributed by atoms with Crippen LogP contribution < -0.4 is 5.32 Å². The number of carbonyl (C=O) groups is 1. The number of carbonyl (C=O) groups excluding carboxylic acids is 1. The zero-order chi connectivity index (χ0) is 14.8. The summed E-state index contributed by atoms with van der Waals surface area (Å²) >= 11 is 0. The van der Waals surface area contributed by atoms with E-state index in [0.29, 0.717) is 0 Å². The van der Waals surface area contributed by atoms with E-state index in [2.05, 4.69) is 26.1 Å². The Labute approximate surface area is 113 Å². The topological polar surface area (TPSA) is 49.3 Å². The fraction of sp³-hybridized carbons (Fsp3) is 0.533. The number of halogens is 1. The van der Waals surface area contributed by atoms with Crippen molar-refractivity contribution in [2.45, 2.75) is 46.6 Å². The molecule has 0 aromatic heterocycles. The van der Waals surface area contributed by atoms with E-state index in [0.717, 1.165) is 18.6 Å². The number of nitrogens with one attached hydrogen (secondary N) is 1. The quantitative estimate of drug-likeness (QED) is 0.881. The van der Waals surface area contributed by atoms with E-state index in [1.165, 1.54) is 6.07 Å². The summed E-state index contributed by atoms with van der Waals surface area (Å²) in [5.74, 6) is -1.31. The summed E-state index contributed by atoms with van der Waals surface area (Å²) in [6.07, 6.45) is 0.785. The van der Waals surface area contributed by atoms with Gasteiger partial charge in [-0.25, -0.2) is 4.39 Å². The fourth-order valence-corrected chi connectivity index (χ4v) is 2.44. The van der Waals surface area contributed by atoms with Gasteiger partial charge in [0.05, 0.1) is 5.56 Å². The van der Waals surface area contributed by atoms with Gasteiger partial charge in [0.1, 0.15) is 11.6 Å². The Kier molecular flexibility index (Phi) is 4.23. The molecule has 4 heteroatoms. The first-order valence-electron chi connectivity index (χ1n) is 6.31. The van der Waals surface area contributed by atoms with Crippen LogP contribution >= 0.6 is 0 Å². The summed E-state index contributed by atoms with van der Waals surface area (Å²) in [7, 11) is 0. The van der Waals surface area contributed by atoms with Gasteiger partial charge in [-0.3, -0.25) is 4.79 Å². The average molecular weight is 267 g/mol. The van der Waals surface area contributed by atoms with Crippen molar-refractivity contribution in [1.29, 1.82) is 0 Å². The van der Waals surface area contributed by atoms with Crippen LogP contribution in [0.4, 0.5) is 4.39 Å². The third-order valence-electron chi connectivity index (χ3n) is 2.63. The minimum absolute atomic E-state index is 0.0711. The Morgan fingerprint density at radius 1 is 1.26 bits per heavy atom. The van der Waals surface area contributed by atoms with Gasteiger partial charge in [-0.2, -0.15) is 0 Å². The molecular formula is C15H22FNO2. The van der Waals surface area contributed by atoms with Crippen LogP contribution in [-0.2, 0) is 0 Å². The molecule has 0 aliphatic carbocycles. The van der Waals surface area contributed by atoms with E-state index < -0.39 is 17.3 Å². The number of aromatic hydroxyl groups is 1. The molecule has 19 heavy (non-hydrogen) atoms. The van der Waals surface area contributed by atoms with Gasteiger partial charge in [-0.1, -0.05) is 20.8 Å². The van der Waals surface area contributed by atoms with Gasteiger partial charge in [0.25, 0.3) is 5.91 Å². The van der Waals surface area contributed by atoms with Crippen molar-refractivity contribution in [1.82, 2.24) is 5.32 Å². The van der Waals surface area contributed by atoms with E-state index >= 15 is 0 Å². The number of phenolic OH excluding ortho intramolecular Hbond substituents is 1. The maximum Gasteiger partial charge on any atom is 0.255 e. The molecule has 3 nitrogen and oxygen atoms in total. The maximum absolute atomic E-state index is 12.9. The van der Waals surface area contributed by atoms with Gasteiger partial charge < -0.3 is 10.4 Å². The monoisotopic (exact) mass is 267 g/mol. The van der Waals surface area contributed by atoms with Crippen LogP contribution in [-0.4, -0.2) is 16.6 Å². The number of rotatable bonds is 3. The minimum atomic E-state index is -0.567. The SMILES string of the molecule is CC(C)(C)CC(C)(C)NC(=O)c1ccc(F)cc1O. The zero-order valence-corrected chi connectivity index (χ0v) is 12.2. The first-order chi connectivity index (χ1) is 8.50. The van der Waals surface area contributed by atoms with Gasteiger partial charge in [0, 0.05) is 11.6 Å². The van der Waals surface area contributed by atoms with Crippen molar-refractivity contribution in [3.8, 4) is 5.75 Å². The largest absolute Gasteiger partial charge is 0.507 e.